The molecule has 0 radical (unpaired) electrons. The van der Waals surface area contributed by atoms with Gasteiger partial charge in [-0.15, -0.1) is 0 Å². The van der Waals surface area contributed by atoms with E-state index in [-0.39, 0.29) is 0 Å². The molecule has 1 aromatic rings. The van der Waals surface area contributed by atoms with Crippen LogP contribution in [-0.4, -0.2) is 14.9 Å². The lowest BCUT2D eigenvalue weighted by Crippen LogP contribution is -2.31. The van der Waals surface area contributed by atoms with Gasteiger partial charge in [-0.05, 0) is 31.1 Å². The summed E-state index contributed by atoms with van der Waals surface area (Å²) in [5.41, 5.74) is 1.39. The maximum atomic E-state index is 6.20. The zero-order valence-corrected chi connectivity index (χ0v) is 14.7. The molecule has 0 atom stereocenters. The Kier molecular flexibility index (Phi) is 8.87. The van der Waals surface area contributed by atoms with Gasteiger partial charge in [0.15, 0.2) is 8.32 Å². The van der Waals surface area contributed by atoms with Gasteiger partial charge in [-0.3, -0.25) is 0 Å². The van der Waals surface area contributed by atoms with Crippen molar-refractivity contribution in [3.63, 3.8) is 0 Å². The first-order valence-electron chi connectivity index (χ1n) is 8.32. The van der Waals surface area contributed by atoms with Crippen LogP contribution < -0.4 is 0 Å². The first kappa shape index (κ1) is 17.4. The van der Waals surface area contributed by atoms with Crippen LogP contribution in [0.4, 0.5) is 0 Å². The van der Waals surface area contributed by atoms with Crippen molar-refractivity contribution in [3.8, 4) is 0 Å². The number of hydrogen-bond acceptors (Lipinski definition) is 1. The average Bonchev–Trinajstić information content (AvgIpc) is 2.44. The lowest BCUT2D eigenvalue weighted by molar-refractivity contribution is 0.309. The zero-order valence-electron chi connectivity index (χ0n) is 13.7. The van der Waals surface area contributed by atoms with Crippen LogP contribution >= 0.6 is 0 Å². The molecule has 0 aliphatic heterocycles. The highest BCUT2D eigenvalue weighted by molar-refractivity contribution is 6.71. The summed E-state index contributed by atoms with van der Waals surface area (Å²) >= 11 is 0. The van der Waals surface area contributed by atoms with Crippen molar-refractivity contribution in [2.24, 2.45) is 0 Å². The molecule has 0 aliphatic carbocycles. The topological polar surface area (TPSA) is 9.23 Å². The molecule has 20 heavy (non-hydrogen) atoms. The largest absolute Gasteiger partial charge is 0.417 e. The van der Waals surface area contributed by atoms with E-state index in [4.69, 9.17) is 4.43 Å². The quantitative estimate of drug-likeness (QED) is 0.369. The van der Waals surface area contributed by atoms with Crippen LogP contribution in [0.3, 0.4) is 0 Å². The summed E-state index contributed by atoms with van der Waals surface area (Å²) in [5.74, 6) is 0. The summed E-state index contributed by atoms with van der Waals surface area (Å²) in [7, 11) is -1.43. The molecule has 0 saturated heterocycles. The molecule has 0 fully saturated rings. The molecule has 0 bridgehead atoms. The van der Waals surface area contributed by atoms with E-state index in [0.717, 1.165) is 13.0 Å². The zero-order chi connectivity index (χ0) is 14.7. The predicted octanol–water partition coefficient (Wildman–Crippen LogP) is 5.81. The second kappa shape index (κ2) is 10.2. The third-order valence-corrected chi connectivity index (χ3v) is 6.40. The van der Waals surface area contributed by atoms with E-state index in [1.54, 1.807) is 0 Å². The monoisotopic (exact) mass is 292 g/mol. The van der Waals surface area contributed by atoms with E-state index in [0.29, 0.717) is 0 Å². The first-order chi connectivity index (χ1) is 9.64. The van der Waals surface area contributed by atoms with Crippen molar-refractivity contribution in [1.82, 2.24) is 0 Å². The Hall–Kier alpha value is -0.603. The summed E-state index contributed by atoms with van der Waals surface area (Å²) in [6, 6.07) is 12.0. The van der Waals surface area contributed by atoms with E-state index >= 15 is 0 Å². The van der Waals surface area contributed by atoms with Crippen LogP contribution in [0.5, 0.6) is 0 Å². The second-order valence-corrected chi connectivity index (χ2v) is 10.7. The molecule has 1 aromatic carbocycles. The highest BCUT2D eigenvalue weighted by atomic mass is 28.4. The fraction of sp³-hybridized carbons (Fsp3) is 0.667. The molecule has 0 spiro atoms. The molecule has 2 heteroatoms. The summed E-state index contributed by atoms with van der Waals surface area (Å²) in [4.78, 5) is 0. The Morgan fingerprint density at radius 1 is 0.900 bits per heavy atom. The Morgan fingerprint density at radius 3 is 2.25 bits per heavy atom. The molecular weight excluding hydrogens is 260 g/mol. The second-order valence-electron chi connectivity index (χ2n) is 6.36. The molecule has 0 heterocycles. The van der Waals surface area contributed by atoms with Crippen molar-refractivity contribution >= 4 is 8.32 Å². The van der Waals surface area contributed by atoms with Crippen LogP contribution in [0, 0.1) is 0 Å². The molecule has 0 aromatic heterocycles. The molecular formula is C18H32OSi. The van der Waals surface area contributed by atoms with Crippen LogP contribution in [0.2, 0.25) is 19.1 Å². The molecule has 1 rings (SSSR count). The van der Waals surface area contributed by atoms with Gasteiger partial charge >= 0.3 is 0 Å². The average molecular weight is 293 g/mol. The Labute approximate surface area is 126 Å². The molecule has 0 amide bonds. The standard InChI is InChI=1S/C18H32OSi/c1-4-5-6-7-8-12-17-20(2,3)19-16-15-18-13-10-9-11-14-18/h9-11,13-14H,4-8,12,15-17H2,1-3H3. The van der Waals surface area contributed by atoms with Gasteiger partial charge in [0, 0.05) is 6.61 Å². The smallest absolute Gasteiger partial charge is 0.186 e. The van der Waals surface area contributed by atoms with Gasteiger partial charge in [-0.25, -0.2) is 0 Å². The van der Waals surface area contributed by atoms with Crippen LogP contribution in [0.15, 0.2) is 30.3 Å². The lowest BCUT2D eigenvalue weighted by atomic mass is 10.1. The van der Waals surface area contributed by atoms with E-state index < -0.39 is 8.32 Å². The highest BCUT2D eigenvalue weighted by Crippen LogP contribution is 2.17. The van der Waals surface area contributed by atoms with Gasteiger partial charge in [0.2, 0.25) is 0 Å². The maximum absolute atomic E-state index is 6.20. The molecule has 0 N–H and O–H groups in total. The van der Waals surface area contributed by atoms with E-state index in [1.807, 2.05) is 0 Å². The highest BCUT2D eigenvalue weighted by Gasteiger charge is 2.21. The van der Waals surface area contributed by atoms with Crippen molar-refractivity contribution in [1.29, 1.82) is 0 Å². The molecule has 0 saturated carbocycles. The van der Waals surface area contributed by atoms with Gasteiger partial charge in [-0.2, -0.15) is 0 Å². The van der Waals surface area contributed by atoms with Gasteiger partial charge in [0.1, 0.15) is 0 Å². The SMILES string of the molecule is CCCCCCCC[Si](C)(C)OCCc1ccccc1. The molecule has 1 nitrogen and oxygen atoms in total. The minimum atomic E-state index is -1.43. The number of rotatable bonds is 11. The Bertz CT molecular complexity index is 335. The summed E-state index contributed by atoms with van der Waals surface area (Å²) in [6.45, 7) is 7.89. The van der Waals surface area contributed by atoms with E-state index in [2.05, 4.69) is 50.3 Å². The maximum Gasteiger partial charge on any atom is 0.186 e. The van der Waals surface area contributed by atoms with Gasteiger partial charge in [0.05, 0.1) is 0 Å². The summed E-state index contributed by atoms with van der Waals surface area (Å²) < 4.78 is 6.20. The molecule has 0 unspecified atom stereocenters. The van der Waals surface area contributed by atoms with Crippen LogP contribution in [0.25, 0.3) is 0 Å². The Morgan fingerprint density at radius 2 is 1.55 bits per heavy atom. The number of unbranched alkanes of at least 4 members (excludes halogenated alkanes) is 5. The van der Waals surface area contributed by atoms with Crippen molar-refractivity contribution in [2.45, 2.75) is 71.0 Å². The van der Waals surface area contributed by atoms with Crippen molar-refractivity contribution in [3.05, 3.63) is 35.9 Å². The van der Waals surface area contributed by atoms with Crippen molar-refractivity contribution < 1.29 is 4.43 Å². The number of benzene rings is 1. The van der Waals surface area contributed by atoms with Gasteiger partial charge in [-0.1, -0.05) is 75.8 Å². The fourth-order valence-electron chi connectivity index (χ4n) is 2.49. The first-order valence-corrected chi connectivity index (χ1v) is 11.4. The Balaban J connectivity index is 2.08. The minimum Gasteiger partial charge on any atom is -0.417 e. The summed E-state index contributed by atoms with van der Waals surface area (Å²) in [5, 5.41) is 0. The molecule has 114 valence electrons. The molecule has 0 aliphatic rings. The predicted molar refractivity (Wildman–Crippen MR) is 91.8 cm³/mol. The third kappa shape index (κ3) is 8.54. The minimum absolute atomic E-state index is 0.888. The van der Waals surface area contributed by atoms with Gasteiger partial charge < -0.3 is 4.43 Å². The van der Waals surface area contributed by atoms with Crippen molar-refractivity contribution in [2.75, 3.05) is 6.61 Å². The van der Waals surface area contributed by atoms with E-state index in [9.17, 15) is 0 Å². The van der Waals surface area contributed by atoms with Gasteiger partial charge in [0.25, 0.3) is 0 Å². The number of hydrogen-bond donors (Lipinski definition) is 0. The third-order valence-electron chi connectivity index (χ3n) is 3.86. The van der Waals surface area contributed by atoms with E-state index in [1.165, 1.54) is 50.1 Å². The van der Waals surface area contributed by atoms with Crippen LogP contribution in [-0.2, 0) is 10.8 Å². The fourth-order valence-corrected chi connectivity index (χ4v) is 4.39. The normalized spacial score (nSPS) is 11.8. The van der Waals surface area contributed by atoms with Crippen LogP contribution in [0.1, 0.15) is 51.0 Å². The summed E-state index contributed by atoms with van der Waals surface area (Å²) in [6.07, 6.45) is 9.34. The lowest BCUT2D eigenvalue weighted by Gasteiger charge is -2.23.